The lowest BCUT2D eigenvalue weighted by Crippen LogP contribution is -2.37. The van der Waals surface area contributed by atoms with E-state index in [9.17, 15) is 4.79 Å². The average Bonchev–Trinajstić information content (AvgIpc) is 2.43. The van der Waals surface area contributed by atoms with Gasteiger partial charge in [0, 0.05) is 11.0 Å². The molecule has 2 aromatic rings. The number of nitrogens with zero attached hydrogens (tertiary/aromatic N) is 1. The van der Waals surface area contributed by atoms with Gasteiger partial charge in [0.15, 0.2) is 0 Å². The molecule has 4 heteroatoms. The monoisotopic (exact) mass is 330 g/mol. The second-order valence-corrected chi connectivity index (χ2v) is 5.86. The van der Waals surface area contributed by atoms with Gasteiger partial charge in [-0.2, -0.15) is 0 Å². The SMILES string of the molecule is Cc1ccc(CN2CC(=O)Nc3ccccc32)cc1Br. The Bertz CT molecular complexity index is 669. The number of aryl methyl sites for hydroxylation is 1. The fraction of sp³-hybridized carbons (Fsp3) is 0.188. The minimum absolute atomic E-state index is 0.0369. The van der Waals surface area contributed by atoms with Crippen LogP contribution in [0.4, 0.5) is 11.4 Å². The maximum atomic E-state index is 11.8. The van der Waals surface area contributed by atoms with Crippen LogP contribution in [0, 0.1) is 6.92 Å². The molecule has 2 aromatic carbocycles. The summed E-state index contributed by atoms with van der Waals surface area (Å²) in [5.41, 5.74) is 4.36. The van der Waals surface area contributed by atoms with Crippen molar-refractivity contribution >= 4 is 33.2 Å². The fourth-order valence-corrected chi connectivity index (χ4v) is 2.83. The number of carbonyl (C=O) groups excluding carboxylic acids is 1. The number of nitrogens with one attached hydrogen (secondary N) is 1. The summed E-state index contributed by atoms with van der Waals surface area (Å²) in [7, 11) is 0. The molecule has 1 aliphatic heterocycles. The lowest BCUT2D eigenvalue weighted by Gasteiger charge is -2.31. The van der Waals surface area contributed by atoms with Gasteiger partial charge < -0.3 is 10.2 Å². The maximum Gasteiger partial charge on any atom is 0.243 e. The van der Waals surface area contributed by atoms with E-state index < -0.39 is 0 Å². The first kappa shape index (κ1) is 13.2. The van der Waals surface area contributed by atoms with E-state index in [1.807, 2.05) is 24.3 Å². The Morgan fingerprint density at radius 1 is 1.25 bits per heavy atom. The van der Waals surface area contributed by atoms with Gasteiger partial charge in [-0.15, -0.1) is 0 Å². The Morgan fingerprint density at radius 2 is 2.05 bits per heavy atom. The van der Waals surface area contributed by atoms with Gasteiger partial charge in [-0.25, -0.2) is 0 Å². The van der Waals surface area contributed by atoms with Crippen LogP contribution in [-0.2, 0) is 11.3 Å². The molecular weight excluding hydrogens is 316 g/mol. The van der Waals surface area contributed by atoms with Crippen LogP contribution in [-0.4, -0.2) is 12.5 Å². The molecule has 3 rings (SSSR count). The molecule has 1 aliphatic rings. The molecule has 1 N–H and O–H groups in total. The summed E-state index contributed by atoms with van der Waals surface area (Å²) in [6, 6.07) is 14.2. The summed E-state index contributed by atoms with van der Waals surface area (Å²) in [6.07, 6.45) is 0. The highest BCUT2D eigenvalue weighted by Gasteiger charge is 2.21. The lowest BCUT2D eigenvalue weighted by atomic mass is 10.1. The Balaban J connectivity index is 1.90. The number of rotatable bonds is 2. The van der Waals surface area contributed by atoms with E-state index in [-0.39, 0.29) is 5.91 Å². The van der Waals surface area contributed by atoms with Crippen molar-refractivity contribution in [2.45, 2.75) is 13.5 Å². The van der Waals surface area contributed by atoms with E-state index in [1.165, 1.54) is 11.1 Å². The molecule has 0 radical (unpaired) electrons. The molecule has 0 unspecified atom stereocenters. The first-order chi connectivity index (χ1) is 9.63. The van der Waals surface area contributed by atoms with Crippen molar-refractivity contribution in [1.29, 1.82) is 0 Å². The molecule has 3 nitrogen and oxygen atoms in total. The first-order valence-electron chi connectivity index (χ1n) is 6.52. The van der Waals surface area contributed by atoms with Gasteiger partial charge >= 0.3 is 0 Å². The minimum Gasteiger partial charge on any atom is -0.356 e. The molecular formula is C16H15BrN2O. The second-order valence-electron chi connectivity index (χ2n) is 5.00. The van der Waals surface area contributed by atoms with E-state index in [4.69, 9.17) is 0 Å². The number of amides is 1. The number of fused-ring (bicyclic) bond motifs is 1. The zero-order valence-electron chi connectivity index (χ0n) is 11.2. The Hall–Kier alpha value is -1.81. The average molecular weight is 331 g/mol. The molecule has 102 valence electrons. The van der Waals surface area contributed by atoms with Crippen LogP contribution in [0.3, 0.4) is 0 Å². The summed E-state index contributed by atoms with van der Waals surface area (Å²) >= 11 is 3.56. The van der Waals surface area contributed by atoms with Crippen LogP contribution in [0.15, 0.2) is 46.9 Å². The third-order valence-electron chi connectivity index (χ3n) is 3.46. The first-order valence-corrected chi connectivity index (χ1v) is 7.31. The molecule has 0 spiro atoms. The zero-order valence-corrected chi connectivity index (χ0v) is 12.8. The third-order valence-corrected chi connectivity index (χ3v) is 4.32. The normalized spacial score (nSPS) is 13.9. The van der Waals surface area contributed by atoms with Crippen LogP contribution in [0.25, 0.3) is 0 Å². The fourth-order valence-electron chi connectivity index (χ4n) is 2.40. The molecule has 0 aromatic heterocycles. The van der Waals surface area contributed by atoms with E-state index in [0.717, 1.165) is 22.4 Å². The van der Waals surface area contributed by atoms with Gasteiger partial charge in [0.1, 0.15) is 0 Å². The Morgan fingerprint density at radius 3 is 2.85 bits per heavy atom. The predicted molar refractivity (Wildman–Crippen MR) is 85.0 cm³/mol. The van der Waals surface area contributed by atoms with E-state index in [2.05, 4.69) is 51.3 Å². The predicted octanol–water partition coefficient (Wildman–Crippen LogP) is 3.72. The lowest BCUT2D eigenvalue weighted by molar-refractivity contribution is -0.115. The van der Waals surface area contributed by atoms with Crippen molar-refractivity contribution in [2.75, 3.05) is 16.8 Å². The van der Waals surface area contributed by atoms with E-state index in [1.54, 1.807) is 0 Å². The molecule has 0 aliphatic carbocycles. The van der Waals surface area contributed by atoms with Crippen molar-refractivity contribution < 1.29 is 4.79 Å². The number of para-hydroxylation sites is 2. The van der Waals surface area contributed by atoms with E-state index in [0.29, 0.717) is 6.54 Å². The van der Waals surface area contributed by atoms with Crippen molar-refractivity contribution in [3.63, 3.8) is 0 Å². The van der Waals surface area contributed by atoms with Crippen molar-refractivity contribution in [3.05, 3.63) is 58.1 Å². The van der Waals surface area contributed by atoms with Gasteiger partial charge in [-0.05, 0) is 36.2 Å². The molecule has 0 fully saturated rings. The van der Waals surface area contributed by atoms with Gasteiger partial charge in [-0.1, -0.05) is 40.2 Å². The number of halogens is 1. The van der Waals surface area contributed by atoms with Gasteiger partial charge in [0.25, 0.3) is 0 Å². The number of carbonyl (C=O) groups is 1. The van der Waals surface area contributed by atoms with Gasteiger partial charge in [0.05, 0.1) is 17.9 Å². The largest absolute Gasteiger partial charge is 0.356 e. The molecule has 0 saturated carbocycles. The summed E-state index contributed by atoms with van der Waals surface area (Å²) in [6.45, 7) is 3.18. The van der Waals surface area contributed by atoms with Crippen LogP contribution < -0.4 is 10.2 Å². The van der Waals surface area contributed by atoms with Gasteiger partial charge in [-0.3, -0.25) is 4.79 Å². The number of hydrogen-bond donors (Lipinski definition) is 1. The van der Waals surface area contributed by atoms with Crippen LogP contribution in [0.2, 0.25) is 0 Å². The number of hydrogen-bond acceptors (Lipinski definition) is 2. The molecule has 0 bridgehead atoms. The second kappa shape index (κ2) is 5.29. The molecule has 1 heterocycles. The summed E-state index contributed by atoms with van der Waals surface area (Å²) < 4.78 is 1.10. The standard InChI is InChI=1S/C16H15BrN2O/c1-11-6-7-12(8-13(11)17)9-19-10-16(20)18-14-4-2-3-5-15(14)19/h2-8H,9-10H2,1H3,(H,18,20). The number of benzene rings is 2. The highest BCUT2D eigenvalue weighted by molar-refractivity contribution is 9.10. The highest BCUT2D eigenvalue weighted by Crippen LogP contribution is 2.30. The van der Waals surface area contributed by atoms with E-state index >= 15 is 0 Å². The maximum absolute atomic E-state index is 11.8. The molecule has 20 heavy (non-hydrogen) atoms. The Kier molecular flexibility index (Phi) is 3.49. The summed E-state index contributed by atoms with van der Waals surface area (Å²) in [4.78, 5) is 13.9. The van der Waals surface area contributed by atoms with Crippen molar-refractivity contribution in [2.24, 2.45) is 0 Å². The number of anilines is 2. The van der Waals surface area contributed by atoms with Crippen LogP contribution in [0.1, 0.15) is 11.1 Å². The minimum atomic E-state index is 0.0369. The van der Waals surface area contributed by atoms with Crippen molar-refractivity contribution in [3.8, 4) is 0 Å². The summed E-state index contributed by atoms with van der Waals surface area (Å²) in [5.74, 6) is 0.0369. The molecule has 0 atom stereocenters. The Labute approximate surface area is 126 Å². The zero-order chi connectivity index (χ0) is 14.1. The highest BCUT2D eigenvalue weighted by atomic mass is 79.9. The molecule has 0 saturated heterocycles. The van der Waals surface area contributed by atoms with Crippen LogP contribution >= 0.6 is 15.9 Å². The molecule has 1 amide bonds. The van der Waals surface area contributed by atoms with Gasteiger partial charge in [0.2, 0.25) is 5.91 Å². The van der Waals surface area contributed by atoms with Crippen LogP contribution in [0.5, 0.6) is 0 Å². The quantitative estimate of drug-likeness (QED) is 0.910. The summed E-state index contributed by atoms with van der Waals surface area (Å²) in [5, 5.41) is 2.91. The smallest absolute Gasteiger partial charge is 0.243 e. The third kappa shape index (κ3) is 2.56. The van der Waals surface area contributed by atoms with Crippen molar-refractivity contribution in [1.82, 2.24) is 0 Å². The topological polar surface area (TPSA) is 32.3 Å².